The standard InChI is InChI=1S/C22H28N6O2/c1-13(2)30-22-17-7-6-15(12-28-8-4-5-18(28)21(23)29)10-16(17)11-19(25-22)24-20-9-14(3)26-27-20/h6-7,9-11,13,18H,4-5,8,12H2,1-3H3,(H2,23,29)(H2,24,25,26,27). The molecule has 1 aliphatic heterocycles. The molecule has 30 heavy (non-hydrogen) atoms. The number of hydrogen-bond donors (Lipinski definition) is 3. The second-order valence-electron chi connectivity index (χ2n) is 8.13. The van der Waals surface area contributed by atoms with E-state index in [1.165, 1.54) is 0 Å². The maximum atomic E-state index is 11.7. The number of benzene rings is 1. The van der Waals surface area contributed by atoms with Gasteiger partial charge in [-0.15, -0.1) is 0 Å². The predicted molar refractivity (Wildman–Crippen MR) is 117 cm³/mol. The molecule has 4 rings (SSSR count). The minimum Gasteiger partial charge on any atom is -0.474 e. The Bertz CT molecular complexity index is 1060. The molecule has 1 aliphatic rings. The van der Waals surface area contributed by atoms with Gasteiger partial charge in [0.2, 0.25) is 11.8 Å². The summed E-state index contributed by atoms with van der Waals surface area (Å²) >= 11 is 0. The fourth-order valence-corrected chi connectivity index (χ4v) is 3.94. The van der Waals surface area contributed by atoms with E-state index in [0.717, 1.165) is 41.4 Å². The Labute approximate surface area is 175 Å². The number of H-pyrrole nitrogens is 1. The number of nitrogens with one attached hydrogen (secondary N) is 2. The Hall–Kier alpha value is -3.13. The molecule has 1 fully saturated rings. The topological polar surface area (TPSA) is 109 Å². The van der Waals surface area contributed by atoms with Crippen LogP contribution in [-0.2, 0) is 11.3 Å². The number of likely N-dealkylation sites (tertiary alicyclic amines) is 1. The van der Waals surface area contributed by atoms with Crippen molar-refractivity contribution < 1.29 is 9.53 Å². The quantitative estimate of drug-likeness (QED) is 0.554. The molecule has 2 aromatic heterocycles. The van der Waals surface area contributed by atoms with Gasteiger partial charge in [-0.05, 0) is 69.3 Å². The van der Waals surface area contributed by atoms with Gasteiger partial charge in [0.25, 0.3) is 0 Å². The van der Waals surface area contributed by atoms with Crippen LogP contribution in [0.2, 0.25) is 0 Å². The van der Waals surface area contributed by atoms with Crippen molar-refractivity contribution in [2.45, 2.75) is 52.3 Å². The second-order valence-corrected chi connectivity index (χ2v) is 8.13. The minimum atomic E-state index is -0.245. The molecule has 0 spiro atoms. The van der Waals surface area contributed by atoms with Gasteiger partial charge in [0.1, 0.15) is 5.82 Å². The lowest BCUT2D eigenvalue weighted by Gasteiger charge is -2.22. The van der Waals surface area contributed by atoms with Gasteiger partial charge in [-0.2, -0.15) is 10.1 Å². The highest BCUT2D eigenvalue weighted by Gasteiger charge is 2.28. The lowest BCUT2D eigenvalue weighted by Crippen LogP contribution is -2.39. The summed E-state index contributed by atoms with van der Waals surface area (Å²) in [5.41, 5.74) is 7.66. The van der Waals surface area contributed by atoms with Crippen molar-refractivity contribution in [2.24, 2.45) is 5.73 Å². The Balaban J connectivity index is 1.67. The van der Waals surface area contributed by atoms with Gasteiger partial charge in [-0.3, -0.25) is 14.8 Å². The van der Waals surface area contributed by atoms with Crippen molar-refractivity contribution in [1.29, 1.82) is 0 Å². The normalized spacial score (nSPS) is 17.0. The summed E-state index contributed by atoms with van der Waals surface area (Å²) in [7, 11) is 0. The third kappa shape index (κ3) is 4.38. The summed E-state index contributed by atoms with van der Waals surface area (Å²) < 4.78 is 5.98. The van der Waals surface area contributed by atoms with Crippen LogP contribution < -0.4 is 15.8 Å². The highest BCUT2D eigenvalue weighted by Crippen LogP contribution is 2.30. The zero-order chi connectivity index (χ0) is 21.3. The summed E-state index contributed by atoms with van der Waals surface area (Å²) in [6, 6.07) is 9.96. The largest absolute Gasteiger partial charge is 0.474 e. The summed E-state index contributed by atoms with van der Waals surface area (Å²) in [6.07, 6.45) is 1.83. The Morgan fingerprint density at radius 3 is 2.87 bits per heavy atom. The van der Waals surface area contributed by atoms with E-state index in [-0.39, 0.29) is 18.1 Å². The summed E-state index contributed by atoms with van der Waals surface area (Å²) in [5, 5.41) is 12.4. The van der Waals surface area contributed by atoms with E-state index in [0.29, 0.717) is 24.1 Å². The molecule has 1 atom stereocenters. The molecule has 1 aromatic carbocycles. The molecule has 0 saturated carbocycles. The number of hydrogen-bond acceptors (Lipinski definition) is 6. The zero-order valence-corrected chi connectivity index (χ0v) is 17.6. The number of rotatable bonds is 7. The Morgan fingerprint density at radius 2 is 2.17 bits per heavy atom. The lowest BCUT2D eigenvalue weighted by molar-refractivity contribution is -0.122. The average molecular weight is 409 g/mol. The molecule has 4 N–H and O–H groups in total. The van der Waals surface area contributed by atoms with Gasteiger partial charge in [-0.25, -0.2) is 0 Å². The van der Waals surface area contributed by atoms with E-state index in [4.69, 9.17) is 10.5 Å². The van der Waals surface area contributed by atoms with Crippen LogP contribution in [0.25, 0.3) is 10.8 Å². The molecule has 8 nitrogen and oxygen atoms in total. The van der Waals surface area contributed by atoms with Gasteiger partial charge in [0, 0.05) is 23.7 Å². The molecule has 158 valence electrons. The number of nitrogens with zero attached hydrogens (tertiary/aromatic N) is 3. The number of amides is 1. The highest BCUT2D eigenvalue weighted by atomic mass is 16.5. The molecular weight excluding hydrogens is 380 g/mol. The van der Waals surface area contributed by atoms with Crippen LogP contribution in [0.5, 0.6) is 5.88 Å². The molecule has 8 heteroatoms. The second kappa shape index (κ2) is 8.31. The molecule has 0 radical (unpaired) electrons. The van der Waals surface area contributed by atoms with E-state index in [1.54, 1.807) is 0 Å². The van der Waals surface area contributed by atoms with Crippen LogP contribution in [0.4, 0.5) is 11.6 Å². The molecule has 1 unspecified atom stereocenters. The van der Waals surface area contributed by atoms with Crippen LogP contribution in [0, 0.1) is 6.92 Å². The van der Waals surface area contributed by atoms with Crippen molar-refractivity contribution in [3.05, 3.63) is 41.6 Å². The van der Waals surface area contributed by atoms with Gasteiger partial charge < -0.3 is 15.8 Å². The molecule has 3 heterocycles. The maximum Gasteiger partial charge on any atom is 0.234 e. The van der Waals surface area contributed by atoms with E-state index in [9.17, 15) is 4.79 Å². The van der Waals surface area contributed by atoms with Crippen LogP contribution in [0.3, 0.4) is 0 Å². The first kappa shape index (κ1) is 20.2. The monoisotopic (exact) mass is 408 g/mol. The number of carbonyl (C=O) groups excluding carboxylic acids is 1. The van der Waals surface area contributed by atoms with Gasteiger partial charge in [0.15, 0.2) is 5.82 Å². The van der Waals surface area contributed by atoms with Crippen molar-refractivity contribution in [3.8, 4) is 5.88 Å². The number of anilines is 2. The number of fused-ring (bicyclic) bond motifs is 1. The number of primary amides is 1. The fourth-order valence-electron chi connectivity index (χ4n) is 3.94. The number of aromatic nitrogens is 3. The van der Waals surface area contributed by atoms with Crippen molar-refractivity contribution in [3.63, 3.8) is 0 Å². The molecule has 1 amide bonds. The average Bonchev–Trinajstić information content (AvgIpc) is 3.30. The van der Waals surface area contributed by atoms with E-state index in [2.05, 4.69) is 37.5 Å². The van der Waals surface area contributed by atoms with Crippen molar-refractivity contribution in [2.75, 3.05) is 11.9 Å². The van der Waals surface area contributed by atoms with Gasteiger partial charge >= 0.3 is 0 Å². The summed E-state index contributed by atoms with van der Waals surface area (Å²) in [6.45, 7) is 7.48. The number of nitrogens with two attached hydrogens (primary N) is 1. The van der Waals surface area contributed by atoms with Crippen molar-refractivity contribution >= 4 is 28.3 Å². The number of aryl methyl sites for hydroxylation is 1. The highest BCUT2D eigenvalue weighted by molar-refractivity contribution is 5.90. The summed E-state index contributed by atoms with van der Waals surface area (Å²) in [4.78, 5) is 18.5. The minimum absolute atomic E-state index is 0.00387. The van der Waals surface area contributed by atoms with Crippen LogP contribution in [0.1, 0.15) is 37.9 Å². The Morgan fingerprint density at radius 1 is 1.33 bits per heavy atom. The first-order valence-electron chi connectivity index (χ1n) is 10.3. The third-order valence-corrected chi connectivity index (χ3v) is 5.25. The van der Waals surface area contributed by atoms with Gasteiger partial charge in [-0.1, -0.05) is 6.07 Å². The smallest absolute Gasteiger partial charge is 0.234 e. The number of carbonyl (C=O) groups is 1. The lowest BCUT2D eigenvalue weighted by atomic mass is 10.1. The molecule has 1 saturated heterocycles. The van der Waals surface area contributed by atoms with Gasteiger partial charge in [0.05, 0.1) is 12.1 Å². The van der Waals surface area contributed by atoms with Crippen LogP contribution in [-0.4, -0.2) is 44.7 Å². The van der Waals surface area contributed by atoms with Crippen LogP contribution >= 0.6 is 0 Å². The molecule has 3 aromatic rings. The predicted octanol–water partition coefficient (Wildman–Crippen LogP) is 3.25. The fraction of sp³-hybridized carbons (Fsp3) is 0.409. The molecular formula is C22H28N6O2. The summed E-state index contributed by atoms with van der Waals surface area (Å²) in [5.74, 6) is 1.70. The first-order chi connectivity index (χ1) is 14.4. The number of ether oxygens (including phenoxy) is 1. The molecule has 0 bridgehead atoms. The van der Waals surface area contributed by atoms with E-state index in [1.807, 2.05) is 39.0 Å². The SMILES string of the molecule is Cc1cc(Nc2cc3cc(CN4CCCC4C(N)=O)ccc3c(OC(C)C)n2)n[nH]1. The van der Waals surface area contributed by atoms with E-state index >= 15 is 0 Å². The number of aromatic amines is 1. The Kier molecular flexibility index (Phi) is 5.59. The number of pyridine rings is 1. The zero-order valence-electron chi connectivity index (χ0n) is 17.6. The maximum absolute atomic E-state index is 11.7. The van der Waals surface area contributed by atoms with Crippen LogP contribution in [0.15, 0.2) is 30.3 Å². The third-order valence-electron chi connectivity index (χ3n) is 5.25. The molecule has 0 aliphatic carbocycles. The van der Waals surface area contributed by atoms with Crippen molar-refractivity contribution in [1.82, 2.24) is 20.1 Å². The van der Waals surface area contributed by atoms with E-state index < -0.39 is 0 Å². The first-order valence-corrected chi connectivity index (χ1v) is 10.3.